The third kappa shape index (κ3) is 3.88. The molecule has 1 fully saturated rings. The standard InChI is InChI=1S/C20H21N5O2/c26-20(27)16-4-2-1-3-15(16)13-25-9-5-14(6-10-25)17-11-21-12-18(24-17)19-22-7-8-23-19/h1-4,7-8,11-12,14H,5-6,9-10,13H2,(H,22,23)(H,26,27). The van der Waals surface area contributed by atoms with Crippen LogP contribution >= 0.6 is 0 Å². The number of hydrogen-bond donors (Lipinski definition) is 2. The van der Waals surface area contributed by atoms with Gasteiger partial charge in [0.25, 0.3) is 0 Å². The molecule has 2 N–H and O–H groups in total. The van der Waals surface area contributed by atoms with Gasteiger partial charge >= 0.3 is 5.97 Å². The van der Waals surface area contributed by atoms with Crippen molar-refractivity contribution in [2.45, 2.75) is 25.3 Å². The molecule has 1 aromatic carbocycles. The normalized spacial score (nSPS) is 15.7. The Kier molecular flexibility index (Phi) is 4.93. The predicted octanol–water partition coefficient (Wildman–Crippen LogP) is 2.94. The molecule has 0 amide bonds. The Bertz CT molecular complexity index is 918. The Hall–Kier alpha value is -3.06. The summed E-state index contributed by atoms with van der Waals surface area (Å²) < 4.78 is 0. The summed E-state index contributed by atoms with van der Waals surface area (Å²) in [7, 11) is 0. The summed E-state index contributed by atoms with van der Waals surface area (Å²) in [5, 5.41) is 9.35. The summed E-state index contributed by atoms with van der Waals surface area (Å²) in [5.74, 6) is 0.218. The highest BCUT2D eigenvalue weighted by molar-refractivity contribution is 5.89. The molecular formula is C20H21N5O2. The van der Waals surface area contributed by atoms with Crippen LogP contribution in [0, 0.1) is 0 Å². The topological polar surface area (TPSA) is 95.0 Å². The van der Waals surface area contributed by atoms with Gasteiger partial charge in [0, 0.05) is 31.1 Å². The Balaban J connectivity index is 1.41. The summed E-state index contributed by atoms with van der Waals surface area (Å²) in [6, 6.07) is 7.22. The first-order valence-electron chi connectivity index (χ1n) is 9.06. The zero-order valence-electron chi connectivity index (χ0n) is 14.9. The molecule has 0 bridgehead atoms. The van der Waals surface area contributed by atoms with Crippen LogP contribution in [0.2, 0.25) is 0 Å². The lowest BCUT2D eigenvalue weighted by atomic mass is 9.93. The quantitative estimate of drug-likeness (QED) is 0.724. The van der Waals surface area contributed by atoms with E-state index in [2.05, 4.69) is 19.9 Å². The maximum absolute atomic E-state index is 11.4. The Morgan fingerprint density at radius 1 is 1.22 bits per heavy atom. The van der Waals surface area contributed by atoms with E-state index >= 15 is 0 Å². The van der Waals surface area contributed by atoms with Gasteiger partial charge in [0.05, 0.1) is 17.5 Å². The molecule has 0 aliphatic carbocycles. The molecule has 4 rings (SSSR count). The van der Waals surface area contributed by atoms with Gasteiger partial charge in [-0.05, 0) is 37.6 Å². The first kappa shape index (κ1) is 17.4. The van der Waals surface area contributed by atoms with Crippen molar-refractivity contribution in [2.24, 2.45) is 0 Å². The molecule has 3 aromatic rings. The zero-order valence-corrected chi connectivity index (χ0v) is 14.9. The average molecular weight is 363 g/mol. The van der Waals surface area contributed by atoms with Gasteiger partial charge in [0.15, 0.2) is 5.82 Å². The number of imidazole rings is 1. The van der Waals surface area contributed by atoms with Crippen LogP contribution in [-0.2, 0) is 6.54 Å². The number of carbonyl (C=O) groups is 1. The minimum atomic E-state index is -0.870. The van der Waals surface area contributed by atoms with Gasteiger partial charge in [-0.3, -0.25) is 9.88 Å². The van der Waals surface area contributed by atoms with Gasteiger partial charge in [-0.2, -0.15) is 0 Å². The molecule has 0 radical (unpaired) electrons. The maximum Gasteiger partial charge on any atom is 0.336 e. The highest BCUT2D eigenvalue weighted by atomic mass is 16.4. The molecule has 0 saturated carbocycles. The smallest absolute Gasteiger partial charge is 0.336 e. The van der Waals surface area contributed by atoms with Crippen LogP contribution in [0.5, 0.6) is 0 Å². The lowest BCUT2D eigenvalue weighted by molar-refractivity contribution is 0.0694. The molecule has 3 heterocycles. The molecule has 7 heteroatoms. The molecular weight excluding hydrogens is 342 g/mol. The van der Waals surface area contributed by atoms with Crippen LogP contribution in [0.4, 0.5) is 0 Å². The fourth-order valence-electron chi connectivity index (χ4n) is 3.59. The summed E-state index contributed by atoms with van der Waals surface area (Å²) in [6.07, 6.45) is 9.00. The van der Waals surface area contributed by atoms with E-state index in [9.17, 15) is 9.90 Å². The van der Waals surface area contributed by atoms with Gasteiger partial charge in [-0.25, -0.2) is 14.8 Å². The minimum absolute atomic E-state index is 0.360. The lowest BCUT2D eigenvalue weighted by Crippen LogP contribution is -2.33. The van der Waals surface area contributed by atoms with Crippen molar-refractivity contribution in [3.63, 3.8) is 0 Å². The summed E-state index contributed by atoms with van der Waals surface area (Å²) in [6.45, 7) is 2.48. The van der Waals surface area contributed by atoms with E-state index in [0.717, 1.165) is 48.7 Å². The molecule has 0 unspecified atom stereocenters. The molecule has 1 saturated heterocycles. The van der Waals surface area contributed by atoms with Crippen LogP contribution in [0.1, 0.15) is 40.4 Å². The molecule has 2 aromatic heterocycles. The van der Waals surface area contributed by atoms with Crippen molar-refractivity contribution in [2.75, 3.05) is 13.1 Å². The Morgan fingerprint density at radius 2 is 2.04 bits per heavy atom. The summed E-state index contributed by atoms with van der Waals surface area (Å²) in [5.41, 5.74) is 3.00. The number of aromatic nitrogens is 4. The summed E-state index contributed by atoms with van der Waals surface area (Å²) >= 11 is 0. The van der Waals surface area contributed by atoms with Crippen LogP contribution in [0.3, 0.4) is 0 Å². The maximum atomic E-state index is 11.4. The molecule has 138 valence electrons. The number of H-pyrrole nitrogens is 1. The van der Waals surface area contributed by atoms with Crippen molar-refractivity contribution in [1.82, 2.24) is 24.8 Å². The minimum Gasteiger partial charge on any atom is -0.478 e. The van der Waals surface area contributed by atoms with Crippen LogP contribution in [0.15, 0.2) is 49.1 Å². The second-order valence-electron chi connectivity index (χ2n) is 6.78. The fraction of sp³-hybridized carbons (Fsp3) is 0.300. The van der Waals surface area contributed by atoms with E-state index in [1.165, 1.54) is 0 Å². The third-order valence-corrected chi connectivity index (χ3v) is 5.04. The highest BCUT2D eigenvalue weighted by Crippen LogP contribution is 2.28. The molecule has 0 atom stereocenters. The van der Waals surface area contributed by atoms with Crippen LogP contribution in [0.25, 0.3) is 11.5 Å². The zero-order chi connectivity index (χ0) is 18.6. The number of piperidine rings is 1. The van der Waals surface area contributed by atoms with E-state index in [-0.39, 0.29) is 0 Å². The largest absolute Gasteiger partial charge is 0.478 e. The molecule has 7 nitrogen and oxygen atoms in total. The number of likely N-dealkylation sites (tertiary alicyclic amines) is 1. The van der Waals surface area contributed by atoms with Crippen molar-refractivity contribution >= 4 is 5.97 Å². The summed E-state index contributed by atoms with van der Waals surface area (Å²) in [4.78, 5) is 30.1. The van der Waals surface area contributed by atoms with Crippen molar-refractivity contribution in [3.8, 4) is 11.5 Å². The van der Waals surface area contributed by atoms with Gasteiger partial charge in [0.2, 0.25) is 0 Å². The van der Waals surface area contributed by atoms with Gasteiger partial charge in [0.1, 0.15) is 5.69 Å². The Morgan fingerprint density at radius 3 is 2.78 bits per heavy atom. The fourth-order valence-corrected chi connectivity index (χ4v) is 3.59. The molecule has 27 heavy (non-hydrogen) atoms. The van der Waals surface area contributed by atoms with E-state index in [1.54, 1.807) is 30.7 Å². The number of benzene rings is 1. The van der Waals surface area contributed by atoms with Crippen molar-refractivity contribution < 1.29 is 9.90 Å². The second kappa shape index (κ2) is 7.67. The van der Waals surface area contributed by atoms with Crippen LogP contribution in [-0.4, -0.2) is 49.0 Å². The SMILES string of the molecule is O=C(O)c1ccccc1CN1CCC(c2cncc(-c3ncc[nH]3)n2)CC1. The van der Waals surface area contributed by atoms with Gasteiger partial charge in [-0.15, -0.1) is 0 Å². The number of aromatic carboxylic acids is 1. The Labute approximate surface area is 157 Å². The average Bonchev–Trinajstić information content (AvgIpc) is 3.24. The number of aromatic amines is 1. The van der Waals surface area contributed by atoms with Gasteiger partial charge < -0.3 is 10.1 Å². The number of rotatable bonds is 5. The first-order valence-corrected chi connectivity index (χ1v) is 9.06. The van der Waals surface area contributed by atoms with Gasteiger partial charge in [-0.1, -0.05) is 18.2 Å². The predicted molar refractivity (Wildman–Crippen MR) is 100 cm³/mol. The van der Waals surface area contributed by atoms with E-state index < -0.39 is 5.97 Å². The third-order valence-electron chi connectivity index (χ3n) is 5.04. The molecule has 1 aliphatic heterocycles. The number of carboxylic acid groups (broad SMARTS) is 1. The molecule has 0 spiro atoms. The van der Waals surface area contributed by atoms with E-state index in [4.69, 9.17) is 4.98 Å². The number of carboxylic acids is 1. The second-order valence-corrected chi connectivity index (χ2v) is 6.78. The highest BCUT2D eigenvalue weighted by Gasteiger charge is 2.23. The van der Waals surface area contributed by atoms with E-state index in [1.807, 2.05) is 18.3 Å². The van der Waals surface area contributed by atoms with Crippen LogP contribution < -0.4 is 0 Å². The first-order chi connectivity index (χ1) is 13.2. The molecule has 1 aliphatic rings. The van der Waals surface area contributed by atoms with E-state index in [0.29, 0.717) is 18.0 Å². The number of hydrogen-bond acceptors (Lipinski definition) is 5. The van der Waals surface area contributed by atoms with Crippen molar-refractivity contribution in [3.05, 3.63) is 65.9 Å². The lowest BCUT2D eigenvalue weighted by Gasteiger charge is -2.31. The number of nitrogens with zero attached hydrogens (tertiary/aromatic N) is 4. The van der Waals surface area contributed by atoms with Crippen molar-refractivity contribution in [1.29, 1.82) is 0 Å². The number of nitrogens with one attached hydrogen (secondary N) is 1. The monoisotopic (exact) mass is 363 g/mol.